The van der Waals surface area contributed by atoms with Gasteiger partial charge in [-0.05, 0) is 49.6 Å². The Hall–Kier alpha value is -3.75. The summed E-state index contributed by atoms with van der Waals surface area (Å²) in [7, 11) is 0. The quantitative estimate of drug-likeness (QED) is 0.520. The lowest BCUT2D eigenvalue weighted by atomic mass is 10.0. The van der Waals surface area contributed by atoms with Gasteiger partial charge in [0.25, 0.3) is 0 Å². The fraction of sp³-hybridized carbons (Fsp3) is 0.200. The Kier molecular flexibility index (Phi) is 4.71. The number of aryl methyl sites for hydroxylation is 1. The minimum Gasteiger partial charge on any atom is -0.310 e. The summed E-state index contributed by atoms with van der Waals surface area (Å²) >= 11 is 0. The average Bonchev–Trinajstić information content (AvgIpc) is 3.53. The Morgan fingerprint density at radius 2 is 1.97 bits per heavy atom. The van der Waals surface area contributed by atoms with Gasteiger partial charge in [-0.2, -0.15) is 4.39 Å². The molecule has 4 rings (SSSR count). The molecule has 0 radical (unpaired) electrons. The van der Waals surface area contributed by atoms with E-state index in [0.29, 0.717) is 34.0 Å². The zero-order valence-electron chi connectivity index (χ0n) is 15.4. The fourth-order valence-electron chi connectivity index (χ4n) is 2.94. The van der Waals surface area contributed by atoms with Gasteiger partial charge in [-0.1, -0.05) is 0 Å². The molecule has 1 aliphatic rings. The number of amides is 1. The van der Waals surface area contributed by atoms with Crippen LogP contribution in [0.3, 0.4) is 0 Å². The van der Waals surface area contributed by atoms with Gasteiger partial charge in [0.05, 0.1) is 10.6 Å². The molecule has 2 heterocycles. The van der Waals surface area contributed by atoms with E-state index in [1.165, 1.54) is 12.3 Å². The number of anilines is 1. The van der Waals surface area contributed by atoms with Gasteiger partial charge in [0, 0.05) is 35.5 Å². The van der Waals surface area contributed by atoms with Crippen molar-refractivity contribution in [3.63, 3.8) is 0 Å². The molecule has 2 aromatic heterocycles. The molecule has 1 saturated carbocycles. The van der Waals surface area contributed by atoms with Crippen molar-refractivity contribution >= 4 is 17.4 Å². The molecule has 1 fully saturated rings. The van der Waals surface area contributed by atoms with E-state index in [1.54, 1.807) is 31.3 Å². The van der Waals surface area contributed by atoms with Gasteiger partial charge < -0.3 is 5.32 Å². The Bertz CT molecular complexity index is 1130. The topological polar surface area (TPSA) is 111 Å². The largest absolute Gasteiger partial charge is 0.310 e. The normalized spacial score (nSPS) is 13.2. The third kappa shape index (κ3) is 3.93. The Labute approximate surface area is 165 Å². The standard InChI is InChI=1S/C20H16FN5O3/c1-11-8-15(21)17(26(28)29)10-14(11)16-5-7-23-19(24-16)13-4-6-22-18(9-13)25-20(27)12-2-3-12/h4-10,12H,2-3H2,1H3,(H,22,25,27). The highest BCUT2D eigenvalue weighted by molar-refractivity contribution is 5.93. The summed E-state index contributed by atoms with van der Waals surface area (Å²) in [5, 5.41) is 13.8. The maximum absolute atomic E-state index is 13.8. The number of benzene rings is 1. The van der Waals surface area contributed by atoms with E-state index in [2.05, 4.69) is 20.3 Å². The van der Waals surface area contributed by atoms with Gasteiger partial charge >= 0.3 is 5.69 Å². The number of carbonyl (C=O) groups excluding carboxylic acids is 1. The number of aromatic nitrogens is 3. The zero-order valence-corrected chi connectivity index (χ0v) is 15.4. The van der Waals surface area contributed by atoms with Crippen LogP contribution in [0.5, 0.6) is 0 Å². The number of nitrogens with zero attached hydrogens (tertiary/aromatic N) is 4. The van der Waals surface area contributed by atoms with Crippen molar-refractivity contribution in [3.8, 4) is 22.6 Å². The summed E-state index contributed by atoms with van der Waals surface area (Å²) in [6, 6.07) is 7.26. The van der Waals surface area contributed by atoms with Crippen molar-refractivity contribution in [1.82, 2.24) is 15.0 Å². The fourth-order valence-corrected chi connectivity index (χ4v) is 2.94. The van der Waals surface area contributed by atoms with E-state index in [4.69, 9.17) is 0 Å². The summed E-state index contributed by atoms with van der Waals surface area (Å²) < 4.78 is 13.8. The molecule has 1 aromatic carbocycles. The van der Waals surface area contributed by atoms with E-state index >= 15 is 0 Å². The predicted octanol–water partition coefficient (Wildman–Crippen LogP) is 3.91. The van der Waals surface area contributed by atoms with Gasteiger partial charge in [-0.3, -0.25) is 14.9 Å². The highest BCUT2D eigenvalue weighted by atomic mass is 19.1. The highest BCUT2D eigenvalue weighted by Gasteiger charge is 2.29. The van der Waals surface area contributed by atoms with Gasteiger partial charge in [0.1, 0.15) is 5.82 Å². The van der Waals surface area contributed by atoms with Crippen LogP contribution in [0.15, 0.2) is 42.7 Å². The summed E-state index contributed by atoms with van der Waals surface area (Å²) in [5.41, 5.74) is 1.40. The predicted molar refractivity (Wildman–Crippen MR) is 103 cm³/mol. The first kappa shape index (κ1) is 18.6. The number of nitro benzene ring substituents is 1. The van der Waals surface area contributed by atoms with Gasteiger partial charge in [0.2, 0.25) is 11.7 Å². The van der Waals surface area contributed by atoms with Crippen LogP contribution in [0.2, 0.25) is 0 Å². The number of pyridine rings is 1. The molecule has 1 aliphatic carbocycles. The maximum atomic E-state index is 13.8. The number of hydrogen-bond donors (Lipinski definition) is 1. The summed E-state index contributed by atoms with van der Waals surface area (Å²) in [6.07, 6.45) is 4.84. The number of nitro groups is 1. The van der Waals surface area contributed by atoms with E-state index in [1.807, 2.05) is 0 Å². The van der Waals surface area contributed by atoms with Crippen LogP contribution >= 0.6 is 0 Å². The minimum atomic E-state index is -0.893. The molecule has 3 aromatic rings. The first-order valence-electron chi connectivity index (χ1n) is 8.97. The maximum Gasteiger partial charge on any atom is 0.305 e. The molecule has 0 spiro atoms. The first-order chi connectivity index (χ1) is 13.9. The molecule has 8 nitrogen and oxygen atoms in total. The number of carbonyl (C=O) groups is 1. The second kappa shape index (κ2) is 7.34. The molecule has 0 saturated heterocycles. The monoisotopic (exact) mass is 393 g/mol. The molecular formula is C20H16FN5O3. The van der Waals surface area contributed by atoms with Gasteiger partial charge in [-0.15, -0.1) is 0 Å². The second-order valence-electron chi connectivity index (χ2n) is 6.83. The minimum absolute atomic E-state index is 0.0530. The average molecular weight is 393 g/mol. The van der Waals surface area contributed by atoms with Crippen LogP contribution in [0.1, 0.15) is 18.4 Å². The molecule has 9 heteroatoms. The third-order valence-electron chi connectivity index (χ3n) is 4.64. The Morgan fingerprint density at radius 1 is 1.21 bits per heavy atom. The van der Waals surface area contributed by atoms with Gasteiger partial charge in [-0.25, -0.2) is 15.0 Å². The molecule has 0 unspecified atom stereocenters. The van der Waals surface area contributed by atoms with Gasteiger partial charge in [0.15, 0.2) is 5.82 Å². The second-order valence-corrected chi connectivity index (χ2v) is 6.83. The van der Waals surface area contributed by atoms with Crippen molar-refractivity contribution in [1.29, 1.82) is 0 Å². The van der Waals surface area contributed by atoms with Crippen LogP contribution in [-0.2, 0) is 4.79 Å². The van der Waals surface area contributed by atoms with Crippen LogP contribution in [-0.4, -0.2) is 25.8 Å². The molecule has 146 valence electrons. The lowest BCUT2D eigenvalue weighted by Crippen LogP contribution is -2.14. The highest BCUT2D eigenvalue weighted by Crippen LogP contribution is 2.31. The number of halogens is 1. The smallest absolute Gasteiger partial charge is 0.305 e. The van der Waals surface area contributed by atoms with E-state index in [0.717, 1.165) is 18.9 Å². The molecule has 1 N–H and O–H groups in total. The van der Waals surface area contributed by atoms with Crippen molar-refractivity contribution in [2.75, 3.05) is 5.32 Å². The van der Waals surface area contributed by atoms with Crippen LogP contribution in [0, 0.1) is 28.8 Å². The lowest BCUT2D eigenvalue weighted by Gasteiger charge is -2.09. The molecular weight excluding hydrogens is 377 g/mol. The zero-order chi connectivity index (χ0) is 20.5. The number of hydrogen-bond acceptors (Lipinski definition) is 6. The summed E-state index contributed by atoms with van der Waals surface area (Å²) in [5.74, 6) is -0.133. The SMILES string of the molecule is Cc1cc(F)c([N+](=O)[O-])cc1-c1ccnc(-c2ccnc(NC(=O)C3CC3)c2)n1. The molecule has 29 heavy (non-hydrogen) atoms. The summed E-state index contributed by atoms with van der Waals surface area (Å²) in [4.78, 5) is 35.1. The Balaban J connectivity index is 1.69. The molecule has 1 amide bonds. The molecule has 0 aliphatic heterocycles. The first-order valence-corrected chi connectivity index (χ1v) is 8.97. The van der Waals surface area contributed by atoms with Crippen molar-refractivity contribution < 1.29 is 14.1 Å². The third-order valence-corrected chi connectivity index (χ3v) is 4.64. The van der Waals surface area contributed by atoms with Crippen LogP contribution in [0.25, 0.3) is 22.6 Å². The van der Waals surface area contributed by atoms with E-state index in [9.17, 15) is 19.3 Å². The summed E-state index contributed by atoms with van der Waals surface area (Å²) in [6.45, 7) is 1.65. The van der Waals surface area contributed by atoms with E-state index in [-0.39, 0.29) is 11.8 Å². The Morgan fingerprint density at radius 3 is 2.69 bits per heavy atom. The number of rotatable bonds is 5. The van der Waals surface area contributed by atoms with E-state index < -0.39 is 16.4 Å². The molecule has 0 bridgehead atoms. The van der Waals surface area contributed by atoms with Crippen LogP contribution < -0.4 is 5.32 Å². The van der Waals surface area contributed by atoms with Crippen molar-refractivity contribution in [2.45, 2.75) is 19.8 Å². The molecule has 0 atom stereocenters. The van der Waals surface area contributed by atoms with Crippen molar-refractivity contribution in [2.24, 2.45) is 5.92 Å². The van der Waals surface area contributed by atoms with Crippen LogP contribution in [0.4, 0.5) is 15.9 Å². The lowest BCUT2D eigenvalue weighted by molar-refractivity contribution is -0.387. The number of nitrogens with one attached hydrogen (secondary N) is 1. The van der Waals surface area contributed by atoms with Crippen molar-refractivity contribution in [3.05, 3.63) is 64.2 Å².